The molecule has 1 fully saturated rings. The van der Waals surface area contributed by atoms with Gasteiger partial charge in [0, 0.05) is 31.4 Å². The Labute approximate surface area is 170 Å². The van der Waals surface area contributed by atoms with Crippen molar-refractivity contribution in [1.82, 2.24) is 20.1 Å². The molecule has 3 heterocycles. The number of rotatable bonds is 5. The predicted molar refractivity (Wildman–Crippen MR) is 108 cm³/mol. The van der Waals surface area contributed by atoms with E-state index in [1.807, 2.05) is 4.90 Å². The van der Waals surface area contributed by atoms with Crippen molar-refractivity contribution in [3.63, 3.8) is 0 Å². The Morgan fingerprint density at radius 1 is 1.23 bits per heavy atom. The molecule has 0 saturated carbocycles. The number of nitrogens with zero attached hydrogens (tertiary/aromatic N) is 5. The maximum atomic E-state index is 12.5. The molecule has 11 nitrogen and oxygen atoms in total. The zero-order valence-electron chi connectivity index (χ0n) is 15.7. The Balaban J connectivity index is 1.44. The summed E-state index contributed by atoms with van der Waals surface area (Å²) in [5.41, 5.74) is 1.04. The second kappa shape index (κ2) is 7.99. The number of benzene rings is 1. The average Bonchev–Trinajstić information content (AvgIpc) is 3.25. The molecule has 3 aromatic rings. The largest absolute Gasteiger partial charge is 0.353 e. The van der Waals surface area contributed by atoms with Crippen LogP contribution >= 0.6 is 0 Å². The molecule has 11 heteroatoms. The monoisotopic (exact) mass is 407 g/mol. The number of piperazine rings is 1. The van der Waals surface area contributed by atoms with Crippen LogP contribution in [-0.2, 0) is 4.79 Å². The molecule has 1 aliphatic rings. The van der Waals surface area contributed by atoms with Crippen molar-refractivity contribution in [3.8, 4) is 5.69 Å². The number of anilines is 2. The molecular formula is C19H17N7O4. The lowest BCUT2D eigenvalue weighted by molar-refractivity contribution is -0.384. The van der Waals surface area contributed by atoms with E-state index in [4.69, 9.17) is 0 Å². The highest BCUT2D eigenvalue weighted by molar-refractivity contribution is 6.02. The molecule has 0 bridgehead atoms. The van der Waals surface area contributed by atoms with E-state index in [-0.39, 0.29) is 23.8 Å². The minimum atomic E-state index is -0.492. The van der Waals surface area contributed by atoms with Crippen molar-refractivity contribution in [3.05, 3.63) is 70.7 Å². The first-order chi connectivity index (χ1) is 14.5. The van der Waals surface area contributed by atoms with Crippen molar-refractivity contribution >= 4 is 29.0 Å². The van der Waals surface area contributed by atoms with E-state index in [0.717, 1.165) is 0 Å². The molecular weight excluding hydrogens is 390 g/mol. The van der Waals surface area contributed by atoms with Crippen LogP contribution in [0.2, 0.25) is 0 Å². The SMILES string of the molecule is O=C1CN(c2ccc(NC(=O)c3ccn(-c4cccc([N+](=O)[O-])c4)n3)cn2)CCN1. The number of amides is 2. The topological polar surface area (TPSA) is 135 Å². The van der Waals surface area contributed by atoms with E-state index in [9.17, 15) is 19.7 Å². The Kier molecular flexibility index (Phi) is 5.08. The predicted octanol–water partition coefficient (Wildman–Crippen LogP) is 1.36. The fourth-order valence-electron chi connectivity index (χ4n) is 3.01. The molecule has 0 aliphatic carbocycles. The van der Waals surface area contributed by atoms with Gasteiger partial charge in [-0.25, -0.2) is 9.67 Å². The fraction of sp³-hybridized carbons (Fsp3) is 0.158. The van der Waals surface area contributed by atoms with E-state index >= 15 is 0 Å². The number of aromatic nitrogens is 3. The zero-order valence-corrected chi connectivity index (χ0v) is 15.7. The van der Waals surface area contributed by atoms with Crippen LogP contribution in [0.1, 0.15) is 10.5 Å². The first-order valence-corrected chi connectivity index (χ1v) is 9.09. The van der Waals surface area contributed by atoms with Crippen LogP contribution in [-0.4, -0.2) is 51.1 Å². The molecule has 2 N–H and O–H groups in total. The normalized spacial score (nSPS) is 13.6. The summed E-state index contributed by atoms with van der Waals surface area (Å²) in [5, 5.41) is 20.6. The van der Waals surface area contributed by atoms with Gasteiger partial charge in [0.05, 0.1) is 29.0 Å². The minimum absolute atomic E-state index is 0.0558. The molecule has 30 heavy (non-hydrogen) atoms. The molecule has 0 unspecified atom stereocenters. The second-order valence-corrected chi connectivity index (χ2v) is 6.55. The fourth-order valence-corrected chi connectivity index (χ4v) is 3.01. The Morgan fingerprint density at radius 2 is 2.10 bits per heavy atom. The van der Waals surface area contributed by atoms with Gasteiger partial charge < -0.3 is 15.5 Å². The summed E-state index contributed by atoms with van der Waals surface area (Å²) in [4.78, 5) is 40.6. The molecule has 1 aliphatic heterocycles. The van der Waals surface area contributed by atoms with Gasteiger partial charge in [-0.15, -0.1) is 0 Å². The summed E-state index contributed by atoms with van der Waals surface area (Å²) >= 11 is 0. The summed E-state index contributed by atoms with van der Waals surface area (Å²) in [5.74, 6) is 0.156. The van der Waals surface area contributed by atoms with Crippen molar-refractivity contribution in [2.75, 3.05) is 29.9 Å². The molecule has 4 rings (SSSR count). The van der Waals surface area contributed by atoms with Crippen LogP contribution in [0.3, 0.4) is 0 Å². The Hall–Kier alpha value is -4.28. The highest BCUT2D eigenvalue weighted by Gasteiger charge is 2.18. The third-order valence-electron chi connectivity index (χ3n) is 4.49. The number of pyridine rings is 1. The molecule has 0 spiro atoms. The highest BCUT2D eigenvalue weighted by Crippen LogP contribution is 2.18. The lowest BCUT2D eigenvalue weighted by Gasteiger charge is -2.27. The average molecular weight is 407 g/mol. The van der Waals surface area contributed by atoms with Gasteiger partial charge in [0.2, 0.25) is 5.91 Å². The number of carbonyl (C=O) groups is 2. The van der Waals surface area contributed by atoms with Gasteiger partial charge in [-0.3, -0.25) is 19.7 Å². The number of hydrogen-bond donors (Lipinski definition) is 2. The lowest BCUT2D eigenvalue weighted by atomic mass is 10.3. The first-order valence-electron chi connectivity index (χ1n) is 9.09. The first kappa shape index (κ1) is 19.1. The van der Waals surface area contributed by atoms with Crippen molar-refractivity contribution < 1.29 is 14.5 Å². The van der Waals surface area contributed by atoms with Crippen LogP contribution < -0.4 is 15.5 Å². The molecule has 152 valence electrons. The van der Waals surface area contributed by atoms with Crippen molar-refractivity contribution in [2.24, 2.45) is 0 Å². The van der Waals surface area contributed by atoms with Crippen LogP contribution in [0.4, 0.5) is 17.2 Å². The minimum Gasteiger partial charge on any atom is -0.353 e. The standard InChI is InChI=1S/C19H17N7O4/c27-18-12-24(9-7-20-18)17-5-4-13(11-21-17)22-19(28)16-6-8-25(23-16)14-2-1-3-15(10-14)26(29)30/h1-6,8,10-11H,7,9,12H2,(H,20,27)(H,22,28). The van der Waals surface area contributed by atoms with Gasteiger partial charge in [0.15, 0.2) is 5.69 Å². The van der Waals surface area contributed by atoms with Gasteiger partial charge in [0.1, 0.15) is 5.82 Å². The van der Waals surface area contributed by atoms with Gasteiger partial charge in [-0.05, 0) is 24.3 Å². The molecule has 0 atom stereocenters. The third-order valence-corrected chi connectivity index (χ3v) is 4.49. The van der Waals surface area contributed by atoms with E-state index in [0.29, 0.717) is 30.3 Å². The maximum absolute atomic E-state index is 12.5. The zero-order chi connectivity index (χ0) is 21.1. The molecule has 0 radical (unpaired) electrons. The van der Waals surface area contributed by atoms with Crippen LogP contribution in [0.25, 0.3) is 5.69 Å². The van der Waals surface area contributed by atoms with E-state index < -0.39 is 10.8 Å². The Bertz CT molecular complexity index is 1110. The van der Waals surface area contributed by atoms with Gasteiger partial charge >= 0.3 is 0 Å². The van der Waals surface area contributed by atoms with Crippen LogP contribution in [0.15, 0.2) is 54.9 Å². The number of non-ortho nitro benzene ring substituents is 1. The van der Waals surface area contributed by atoms with Gasteiger partial charge in [0.25, 0.3) is 11.6 Å². The highest BCUT2D eigenvalue weighted by atomic mass is 16.6. The summed E-state index contributed by atoms with van der Waals surface area (Å²) in [6, 6.07) is 10.9. The van der Waals surface area contributed by atoms with Crippen LogP contribution in [0.5, 0.6) is 0 Å². The molecule has 1 saturated heterocycles. The summed E-state index contributed by atoms with van der Waals surface area (Å²) in [6.07, 6.45) is 3.06. The van der Waals surface area contributed by atoms with E-state index in [2.05, 4.69) is 20.7 Å². The number of hydrogen-bond acceptors (Lipinski definition) is 7. The second-order valence-electron chi connectivity index (χ2n) is 6.55. The van der Waals surface area contributed by atoms with Crippen molar-refractivity contribution in [1.29, 1.82) is 0 Å². The van der Waals surface area contributed by atoms with Gasteiger partial charge in [-0.1, -0.05) is 6.07 Å². The number of carbonyl (C=O) groups excluding carboxylic acids is 2. The van der Waals surface area contributed by atoms with E-state index in [1.165, 1.54) is 29.1 Å². The molecule has 2 aromatic heterocycles. The number of nitro groups is 1. The number of nitrogens with one attached hydrogen (secondary N) is 2. The summed E-state index contributed by atoms with van der Waals surface area (Å²) in [7, 11) is 0. The third kappa shape index (κ3) is 4.09. The summed E-state index contributed by atoms with van der Waals surface area (Å²) < 4.78 is 1.39. The van der Waals surface area contributed by atoms with Crippen LogP contribution in [0, 0.1) is 10.1 Å². The summed E-state index contributed by atoms with van der Waals surface area (Å²) in [6.45, 7) is 1.47. The molecule has 2 amide bonds. The quantitative estimate of drug-likeness (QED) is 0.481. The molecule has 1 aromatic carbocycles. The maximum Gasteiger partial charge on any atom is 0.276 e. The van der Waals surface area contributed by atoms with Crippen molar-refractivity contribution in [2.45, 2.75) is 0 Å². The smallest absolute Gasteiger partial charge is 0.276 e. The lowest BCUT2D eigenvalue weighted by Crippen LogP contribution is -2.48. The van der Waals surface area contributed by atoms with E-state index in [1.54, 1.807) is 30.5 Å². The number of nitro benzene ring substituents is 1. The Morgan fingerprint density at radius 3 is 2.83 bits per heavy atom. The van der Waals surface area contributed by atoms with Gasteiger partial charge in [-0.2, -0.15) is 5.10 Å².